The first kappa shape index (κ1) is 13.0. The molecule has 1 unspecified atom stereocenters. The predicted octanol–water partition coefficient (Wildman–Crippen LogP) is 2.26. The van der Waals surface area contributed by atoms with Gasteiger partial charge in [0.05, 0.1) is 19.9 Å². The van der Waals surface area contributed by atoms with Crippen molar-refractivity contribution in [2.75, 3.05) is 26.1 Å². The predicted molar refractivity (Wildman–Crippen MR) is 73.7 cm³/mol. The fourth-order valence-corrected chi connectivity index (χ4v) is 2.40. The van der Waals surface area contributed by atoms with Gasteiger partial charge in [-0.15, -0.1) is 0 Å². The lowest BCUT2D eigenvalue weighted by Crippen LogP contribution is -2.31. The van der Waals surface area contributed by atoms with Gasteiger partial charge in [0.2, 0.25) is 0 Å². The molecule has 4 nitrogen and oxygen atoms in total. The first-order valence-corrected chi connectivity index (χ1v) is 6.28. The van der Waals surface area contributed by atoms with E-state index >= 15 is 0 Å². The minimum atomic E-state index is 0.206. The molecule has 4 heteroatoms. The molecular formula is C14H22N2O2. The summed E-state index contributed by atoms with van der Waals surface area (Å²) in [5.74, 6) is 1.63. The molecule has 0 spiro atoms. The molecule has 1 aromatic rings. The molecule has 100 valence electrons. The van der Waals surface area contributed by atoms with E-state index in [1.165, 1.54) is 0 Å². The SMILES string of the molecule is COc1ccc(NC2CNC(C)(C)C2)c(OC)c1. The van der Waals surface area contributed by atoms with E-state index in [1.807, 2.05) is 18.2 Å². The number of nitrogens with one attached hydrogen (secondary N) is 2. The first-order chi connectivity index (χ1) is 8.54. The van der Waals surface area contributed by atoms with Crippen LogP contribution < -0.4 is 20.1 Å². The summed E-state index contributed by atoms with van der Waals surface area (Å²) >= 11 is 0. The average Bonchev–Trinajstić information content (AvgIpc) is 2.69. The van der Waals surface area contributed by atoms with Crippen LogP contribution in [0.25, 0.3) is 0 Å². The third kappa shape index (κ3) is 2.88. The highest BCUT2D eigenvalue weighted by Crippen LogP contribution is 2.31. The van der Waals surface area contributed by atoms with E-state index in [1.54, 1.807) is 14.2 Å². The highest BCUT2D eigenvalue weighted by atomic mass is 16.5. The van der Waals surface area contributed by atoms with Gasteiger partial charge in [0, 0.05) is 24.2 Å². The van der Waals surface area contributed by atoms with E-state index in [2.05, 4.69) is 24.5 Å². The Balaban J connectivity index is 2.09. The molecule has 1 aliphatic rings. The standard InChI is InChI=1S/C14H22N2O2/c1-14(2)8-10(9-15-14)16-12-6-5-11(17-3)7-13(12)18-4/h5-7,10,15-16H,8-9H2,1-4H3. The van der Waals surface area contributed by atoms with Crippen LogP contribution in [0.3, 0.4) is 0 Å². The van der Waals surface area contributed by atoms with Crippen molar-refractivity contribution in [3.63, 3.8) is 0 Å². The number of hydrogen-bond donors (Lipinski definition) is 2. The molecule has 0 aliphatic carbocycles. The second-order valence-corrected chi connectivity index (χ2v) is 5.38. The molecule has 2 N–H and O–H groups in total. The molecule has 1 saturated heterocycles. The zero-order chi connectivity index (χ0) is 13.2. The summed E-state index contributed by atoms with van der Waals surface area (Å²) < 4.78 is 10.6. The van der Waals surface area contributed by atoms with Gasteiger partial charge >= 0.3 is 0 Å². The Labute approximate surface area is 109 Å². The molecule has 1 fully saturated rings. The van der Waals surface area contributed by atoms with Crippen molar-refractivity contribution in [1.29, 1.82) is 0 Å². The Kier molecular flexibility index (Phi) is 3.66. The molecule has 0 amide bonds. The van der Waals surface area contributed by atoms with Gasteiger partial charge in [-0.05, 0) is 32.4 Å². The second-order valence-electron chi connectivity index (χ2n) is 5.38. The van der Waals surface area contributed by atoms with Gasteiger partial charge in [0.15, 0.2) is 0 Å². The summed E-state index contributed by atoms with van der Waals surface area (Å²) in [6.45, 7) is 5.42. The highest BCUT2D eigenvalue weighted by molar-refractivity contribution is 5.59. The average molecular weight is 250 g/mol. The molecule has 0 bridgehead atoms. The summed E-state index contributed by atoms with van der Waals surface area (Å²) in [7, 11) is 3.34. The molecule has 1 heterocycles. The second kappa shape index (κ2) is 5.06. The lowest BCUT2D eigenvalue weighted by molar-refractivity contribution is 0.395. The van der Waals surface area contributed by atoms with E-state index in [-0.39, 0.29) is 5.54 Å². The minimum absolute atomic E-state index is 0.206. The van der Waals surface area contributed by atoms with Crippen LogP contribution in [0.2, 0.25) is 0 Å². The van der Waals surface area contributed by atoms with Crippen LogP contribution in [0, 0.1) is 0 Å². The van der Waals surface area contributed by atoms with Crippen LogP contribution in [-0.2, 0) is 0 Å². The molecular weight excluding hydrogens is 228 g/mol. The topological polar surface area (TPSA) is 42.5 Å². The maximum atomic E-state index is 5.39. The quantitative estimate of drug-likeness (QED) is 0.860. The summed E-state index contributed by atoms with van der Waals surface area (Å²) in [5, 5.41) is 7.02. The third-order valence-electron chi connectivity index (χ3n) is 3.35. The van der Waals surface area contributed by atoms with Crippen molar-refractivity contribution in [2.24, 2.45) is 0 Å². The van der Waals surface area contributed by atoms with Crippen LogP contribution in [0.5, 0.6) is 11.5 Å². The third-order valence-corrected chi connectivity index (χ3v) is 3.35. The molecule has 1 aliphatic heterocycles. The smallest absolute Gasteiger partial charge is 0.145 e. The normalized spacial score (nSPS) is 21.7. The molecule has 1 aromatic carbocycles. The van der Waals surface area contributed by atoms with Gasteiger partial charge in [-0.25, -0.2) is 0 Å². The lowest BCUT2D eigenvalue weighted by Gasteiger charge is -2.19. The van der Waals surface area contributed by atoms with Gasteiger partial charge in [-0.3, -0.25) is 0 Å². The number of rotatable bonds is 4. The number of anilines is 1. The van der Waals surface area contributed by atoms with Crippen molar-refractivity contribution in [3.8, 4) is 11.5 Å². The van der Waals surface area contributed by atoms with Crippen LogP contribution in [0.15, 0.2) is 18.2 Å². The van der Waals surface area contributed by atoms with E-state index in [0.717, 1.165) is 30.2 Å². The highest BCUT2D eigenvalue weighted by Gasteiger charge is 2.30. The molecule has 0 saturated carbocycles. The number of ether oxygens (including phenoxy) is 2. The number of benzene rings is 1. The minimum Gasteiger partial charge on any atom is -0.497 e. The lowest BCUT2D eigenvalue weighted by atomic mass is 10.0. The Morgan fingerprint density at radius 1 is 1.28 bits per heavy atom. The van der Waals surface area contributed by atoms with E-state index < -0.39 is 0 Å². The van der Waals surface area contributed by atoms with E-state index in [4.69, 9.17) is 9.47 Å². The first-order valence-electron chi connectivity index (χ1n) is 6.28. The van der Waals surface area contributed by atoms with Crippen molar-refractivity contribution in [1.82, 2.24) is 5.32 Å². The molecule has 2 rings (SSSR count). The fourth-order valence-electron chi connectivity index (χ4n) is 2.40. The summed E-state index contributed by atoms with van der Waals surface area (Å²) in [5.41, 5.74) is 1.22. The molecule has 18 heavy (non-hydrogen) atoms. The van der Waals surface area contributed by atoms with Crippen LogP contribution >= 0.6 is 0 Å². The van der Waals surface area contributed by atoms with Gasteiger partial charge in [-0.1, -0.05) is 0 Å². The summed E-state index contributed by atoms with van der Waals surface area (Å²) in [6.07, 6.45) is 1.10. The van der Waals surface area contributed by atoms with Crippen LogP contribution in [-0.4, -0.2) is 32.3 Å². The molecule has 0 aromatic heterocycles. The Hall–Kier alpha value is -1.42. The van der Waals surface area contributed by atoms with Crippen molar-refractivity contribution >= 4 is 5.69 Å². The molecule has 0 radical (unpaired) electrons. The maximum Gasteiger partial charge on any atom is 0.145 e. The van der Waals surface area contributed by atoms with Gasteiger partial charge in [-0.2, -0.15) is 0 Å². The maximum absolute atomic E-state index is 5.39. The zero-order valence-electron chi connectivity index (χ0n) is 11.5. The molecule has 1 atom stereocenters. The number of hydrogen-bond acceptors (Lipinski definition) is 4. The van der Waals surface area contributed by atoms with E-state index in [9.17, 15) is 0 Å². The van der Waals surface area contributed by atoms with Crippen molar-refractivity contribution in [3.05, 3.63) is 18.2 Å². The van der Waals surface area contributed by atoms with Crippen molar-refractivity contribution < 1.29 is 9.47 Å². The summed E-state index contributed by atoms with van der Waals surface area (Å²) in [4.78, 5) is 0. The zero-order valence-corrected chi connectivity index (χ0v) is 11.5. The monoisotopic (exact) mass is 250 g/mol. The van der Waals surface area contributed by atoms with Crippen LogP contribution in [0.4, 0.5) is 5.69 Å². The van der Waals surface area contributed by atoms with E-state index in [0.29, 0.717) is 6.04 Å². The van der Waals surface area contributed by atoms with Crippen molar-refractivity contribution in [2.45, 2.75) is 31.8 Å². The summed E-state index contributed by atoms with van der Waals surface area (Å²) in [6, 6.07) is 6.28. The Morgan fingerprint density at radius 2 is 2.06 bits per heavy atom. The number of methoxy groups -OCH3 is 2. The van der Waals surface area contributed by atoms with Crippen LogP contribution in [0.1, 0.15) is 20.3 Å². The van der Waals surface area contributed by atoms with Gasteiger partial charge in [0.1, 0.15) is 11.5 Å². The fraction of sp³-hybridized carbons (Fsp3) is 0.571. The van der Waals surface area contributed by atoms with Gasteiger partial charge < -0.3 is 20.1 Å². The van der Waals surface area contributed by atoms with Gasteiger partial charge in [0.25, 0.3) is 0 Å². The Morgan fingerprint density at radius 3 is 2.61 bits per heavy atom. The largest absolute Gasteiger partial charge is 0.497 e. The Bertz CT molecular complexity index is 418.